The van der Waals surface area contributed by atoms with Gasteiger partial charge in [0, 0.05) is 19.6 Å². The van der Waals surface area contributed by atoms with Crippen molar-refractivity contribution in [3.8, 4) is 0 Å². The highest BCUT2D eigenvalue weighted by atomic mass is 16.2. The van der Waals surface area contributed by atoms with E-state index in [9.17, 15) is 4.79 Å². The van der Waals surface area contributed by atoms with E-state index >= 15 is 0 Å². The minimum atomic E-state index is -0.0191. The van der Waals surface area contributed by atoms with Crippen molar-refractivity contribution in [3.05, 3.63) is 12.2 Å². The molecular formula is C41H81N3O. The standard InChI is InChI=1S/C41H81N3O/c1-3-5-7-9-11-13-15-17-18-19-21-23-25-27-29-31-35-43-41(45)40(42-36-39-44-37-32-33-38-44)34-30-28-26-24-22-20-16-14-12-10-8-6-4-2/h17-18,40,42H,3-16,19-39H2,1-2H3,(H,43,45)/b18-17-. The maximum absolute atomic E-state index is 13.1. The van der Waals surface area contributed by atoms with Gasteiger partial charge in [0.05, 0.1) is 6.04 Å². The summed E-state index contributed by atoms with van der Waals surface area (Å²) in [6.45, 7) is 9.89. The SMILES string of the molecule is CCCCCCCC/C=C\CCCCCCCCNC(=O)C(CCCCCCCCCCCCCCC)NCCN1CCCC1. The van der Waals surface area contributed by atoms with Crippen molar-refractivity contribution in [1.82, 2.24) is 15.5 Å². The average Bonchev–Trinajstić information content (AvgIpc) is 3.57. The number of hydrogen-bond acceptors (Lipinski definition) is 3. The first-order valence-corrected chi connectivity index (χ1v) is 20.7. The summed E-state index contributed by atoms with van der Waals surface area (Å²) < 4.78 is 0. The van der Waals surface area contributed by atoms with Crippen LogP contribution in [0.25, 0.3) is 0 Å². The maximum Gasteiger partial charge on any atom is 0.237 e. The van der Waals surface area contributed by atoms with Gasteiger partial charge < -0.3 is 15.5 Å². The Balaban J connectivity index is 2.06. The highest BCUT2D eigenvalue weighted by Gasteiger charge is 2.18. The predicted molar refractivity (Wildman–Crippen MR) is 200 cm³/mol. The van der Waals surface area contributed by atoms with Gasteiger partial charge in [-0.05, 0) is 64.5 Å². The van der Waals surface area contributed by atoms with Gasteiger partial charge in [0.15, 0.2) is 0 Å². The van der Waals surface area contributed by atoms with Crippen molar-refractivity contribution in [2.75, 3.05) is 32.7 Å². The lowest BCUT2D eigenvalue weighted by molar-refractivity contribution is -0.123. The molecule has 4 heteroatoms. The maximum atomic E-state index is 13.1. The number of nitrogens with zero attached hydrogens (tertiary/aromatic N) is 1. The van der Waals surface area contributed by atoms with E-state index in [0.717, 1.165) is 32.5 Å². The van der Waals surface area contributed by atoms with Crippen LogP contribution in [0.1, 0.15) is 206 Å². The van der Waals surface area contributed by atoms with Crippen molar-refractivity contribution in [3.63, 3.8) is 0 Å². The van der Waals surface area contributed by atoms with E-state index in [-0.39, 0.29) is 11.9 Å². The van der Waals surface area contributed by atoms with Gasteiger partial charge in [0.1, 0.15) is 0 Å². The lowest BCUT2D eigenvalue weighted by Gasteiger charge is -2.21. The Hall–Kier alpha value is -0.870. The summed E-state index contributed by atoms with van der Waals surface area (Å²) in [5.74, 6) is 0.239. The monoisotopic (exact) mass is 632 g/mol. The van der Waals surface area contributed by atoms with E-state index in [1.54, 1.807) is 0 Å². The van der Waals surface area contributed by atoms with Crippen LogP contribution in [-0.2, 0) is 4.79 Å². The third kappa shape index (κ3) is 29.0. The Kier molecular flexibility index (Phi) is 32.3. The van der Waals surface area contributed by atoms with Crippen LogP contribution in [-0.4, -0.2) is 49.6 Å². The molecule has 1 saturated heterocycles. The lowest BCUT2D eigenvalue weighted by Crippen LogP contribution is -2.46. The molecule has 0 aromatic carbocycles. The molecule has 1 aliphatic rings. The zero-order valence-electron chi connectivity index (χ0n) is 30.8. The molecule has 1 amide bonds. The molecule has 1 atom stereocenters. The number of allylic oxidation sites excluding steroid dienone is 2. The first-order chi connectivity index (χ1) is 22.3. The summed E-state index contributed by atoms with van der Waals surface area (Å²) in [6, 6.07) is -0.0191. The van der Waals surface area contributed by atoms with Crippen LogP contribution in [0.3, 0.4) is 0 Å². The predicted octanol–water partition coefficient (Wildman–Crippen LogP) is 11.7. The van der Waals surface area contributed by atoms with Gasteiger partial charge in [0.25, 0.3) is 0 Å². The third-order valence-electron chi connectivity index (χ3n) is 9.92. The van der Waals surface area contributed by atoms with Crippen molar-refractivity contribution < 1.29 is 4.79 Å². The highest BCUT2D eigenvalue weighted by Crippen LogP contribution is 2.14. The minimum Gasteiger partial charge on any atom is -0.355 e. The molecule has 0 spiro atoms. The van der Waals surface area contributed by atoms with Crippen LogP contribution < -0.4 is 10.6 Å². The van der Waals surface area contributed by atoms with Crippen LogP contribution in [0.5, 0.6) is 0 Å². The zero-order valence-corrected chi connectivity index (χ0v) is 30.8. The number of carbonyl (C=O) groups is 1. The van der Waals surface area contributed by atoms with Crippen LogP contribution in [0.15, 0.2) is 12.2 Å². The van der Waals surface area contributed by atoms with Gasteiger partial charge in [-0.25, -0.2) is 0 Å². The first kappa shape index (κ1) is 42.2. The topological polar surface area (TPSA) is 44.4 Å². The van der Waals surface area contributed by atoms with Gasteiger partial charge in [-0.15, -0.1) is 0 Å². The van der Waals surface area contributed by atoms with Crippen LogP contribution in [0.4, 0.5) is 0 Å². The first-order valence-electron chi connectivity index (χ1n) is 20.7. The van der Waals surface area contributed by atoms with Gasteiger partial charge in [-0.2, -0.15) is 0 Å². The van der Waals surface area contributed by atoms with Crippen molar-refractivity contribution in [1.29, 1.82) is 0 Å². The molecule has 1 heterocycles. The van der Waals surface area contributed by atoms with E-state index in [0.29, 0.717) is 0 Å². The van der Waals surface area contributed by atoms with Crippen LogP contribution in [0, 0.1) is 0 Å². The molecule has 266 valence electrons. The molecule has 1 fully saturated rings. The minimum absolute atomic E-state index is 0.0191. The molecule has 1 rings (SSSR count). The number of rotatable bonds is 35. The fourth-order valence-electron chi connectivity index (χ4n) is 6.80. The summed E-state index contributed by atoms with van der Waals surface area (Å²) >= 11 is 0. The molecule has 0 aromatic heterocycles. The molecule has 0 saturated carbocycles. The summed E-state index contributed by atoms with van der Waals surface area (Å²) in [5.41, 5.74) is 0. The summed E-state index contributed by atoms with van der Waals surface area (Å²) in [7, 11) is 0. The second-order valence-electron chi connectivity index (χ2n) is 14.3. The number of hydrogen-bond donors (Lipinski definition) is 2. The number of likely N-dealkylation sites (tertiary alicyclic amines) is 1. The summed E-state index contributed by atoms with van der Waals surface area (Å²) in [6.07, 6.45) is 44.8. The fourth-order valence-corrected chi connectivity index (χ4v) is 6.80. The average molecular weight is 632 g/mol. The Morgan fingerprint density at radius 1 is 0.556 bits per heavy atom. The van der Waals surface area contributed by atoms with Crippen molar-refractivity contribution in [2.45, 2.75) is 213 Å². The van der Waals surface area contributed by atoms with Crippen molar-refractivity contribution in [2.24, 2.45) is 0 Å². The molecular weight excluding hydrogens is 550 g/mol. The summed E-state index contributed by atoms with van der Waals surface area (Å²) in [4.78, 5) is 15.6. The van der Waals surface area contributed by atoms with Gasteiger partial charge in [-0.3, -0.25) is 4.79 Å². The quantitative estimate of drug-likeness (QED) is 0.0540. The molecule has 0 radical (unpaired) electrons. The Morgan fingerprint density at radius 2 is 0.978 bits per heavy atom. The number of amides is 1. The molecule has 0 bridgehead atoms. The molecule has 1 unspecified atom stereocenters. The van der Waals surface area contributed by atoms with Gasteiger partial charge >= 0.3 is 0 Å². The Labute approximate surface area is 283 Å². The largest absolute Gasteiger partial charge is 0.355 e. The highest BCUT2D eigenvalue weighted by molar-refractivity contribution is 5.81. The Bertz CT molecular complexity index is 630. The molecule has 4 nitrogen and oxygen atoms in total. The van der Waals surface area contributed by atoms with Crippen molar-refractivity contribution >= 4 is 5.91 Å². The molecule has 2 N–H and O–H groups in total. The van der Waals surface area contributed by atoms with E-state index in [1.807, 2.05) is 0 Å². The summed E-state index contributed by atoms with van der Waals surface area (Å²) in [5, 5.41) is 6.92. The van der Waals surface area contributed by atoms with Gasteiger partial charge in [0.2, 0.25) is 5.91 Å². The molecule has 1 aliphatic heterocycles. The van der Waals surface area contributed by atoms with E-state index < -0.39 is 0 Å². The third-order valence-corrected chi connectivity index (χ3v) is 9.92. The van der Waals surface area contributed by atoms with Crippen LogP contribution >= 0.6 is 0 Å². The molecule has 0 aliphatic carbocycles. The number of carbonyl (C=O) groups excluding carboxylic acids is 1. The fraction of sp³-hybridized carbons (Fsp3) is 0.927. The second kappa shape index (κ2) is 34.5. The number of unbranched alkanes of at least 4 members (excludes halogenated alkanes) is 24. The molecule has 45 heavy (non-hydrogen) atoms. The smallest absolute Gasteiger partial charge is 0.237 e. The molecule has 0 aromatic rings. The second-order valence-corrected chi connectivity index (χ2v) is 14.3. The zero-order chi connectivity index (χ0) is 32.3. The van der Waals surface area contributed by atoms with E-state index in [1.165, 1.54) is 193 Å². The normalized spacial score (nSPS) is 14.5. The van der Waals surface area contributed by atoms with Crippen LogP contribution in [0.2, 0.25) is 0 Å². The Morgan fingerprint density at radius 3 is 1.47 bits per heavy atom. The van der Waals surface area contributed by atoms with E-state index in [4.69, 9.17) is 0 Å². The number of nitrogens with one attached hydrogen (secondary N) is 2. The lowest BCUT2D eigenvalue weighted by atomic mass is 10.0. The van der Waals surface area contributed by atoms with Gasteiger partial charge in [-0.1, -0.05) is 167 Å². The van der Waals surface area contributed by atoms with E-state index in [2.05, 4.69) is 41.5 Å².